The van der Waals surface area contributed by atoms with Gasteiger partial charge in [-0.1, -0.05) is 35.0 Å². The van der Waals surface area contributed by atoms with Crippen LogP contribution in [0.4, 0.5) is 4.39 Å². The first-order valence-electron chi connectivity index (χ1n) is 5.56. The van der Waals surface area contributed by atoms with Crippen LogP contribution >= 0.6 is 15.9 Å². The number of aromatic nitrogens is 3. The molecular weight excluding hydrogens is 317 g/mol. The van der Waals surface area contributed by atoms with E-state index < -0.39 is 11.8 Å². The minimum absolute atomic E-state index is 0.153. The summed E-state index contributed by atoms with van der Waals surface area (Å²) in [5.41, 5.74) is 0.372. The van der Waals surface area contributed by atoms with Crippen LogP contribution in [0.5, 0.6) is 0 Å². The van der Waals surface area contributed by atoms with E-state index in [4.69, 9.17) is 5.11 Å². The zero-order valence-corrected chi connectivity index (χ0v) is 11.8. The normalized spacial score (nSPS) is 11.0. The molecule has 2 aromatic rings. The Morgan fingerprint density at radius 2 is 2.16 bits per heavy atom. The summed E-state index contributed by atoms with van der Waals surface area (Å²) in [7, 11) is 0. The molecule has 0 saturated carbocycles. The van der Waals surface area contributed by atoms with Gasteiger partial charge in [0.25, 0.3) is 0 Å². The van der Waals surface area contributed by atoms with Crippen molar-refractivity contribution in [1.82, 2.24) is 15.0 Å². The zero-order valence-electron chi connectivity index (χ0n) is 10.3. The zero-order chi connectivity index (χ0) is 14.2. The number of carboxylic acid groups (broad SMARTS) is 1. The Morgan fingerprint density at radius 3 is 2.74 bits per heavy atom. The maximum Gasteiger partial charge on any atom is 0.358 e. The predicted molar refractivity (Wildman–Crippen MR) is 70.1 cm³/mol. The molecule has 0 aliphatic rings. The third-order valence-corrected chi connectivity index (χ3v) is 3.08. The molecule has 0 saturated heterocycles. The first-order valence-corrected chi connectivity index (χ1v) is 6.35. The highest BCUT2D eigenvalue weighted by molar-refractivity contribution is 9.10. The van der Waals surface area contributed by atoms with Crippen molar-refractivity contribution in [1.29, 1.82) is 0 Å². The van der Waals surface area contributed by atoms with E-state index in [-0.39, 0.29) is 17.3 Å². The van der Waals surface area contributed by atoms with E-state index >= 15 is 0 Å². The summed E-state index contributed by atoms with van der Waals surface area (Å²) in [5.74, 6) is -1.82. The maximum absolute atomic E-state index is 13.9. The van der Waals surface area contributed by atoms with Crippen molar-refractivity contribution in [3.05, 3.63) is 39.9 Å². The summed E-state index contributed by atoms with van der Waals surface area (Å²) < 4.78 is 15.8. The molecule has 100 valence electrons. The van der Waals surface area contributed by atoms with Gasteiger partial charge in [-0.25, -0.2) is 13.9 Å². The molecule has 0 amide bonds. The van der Waals surface area contributed by atoms with E-state index in [0.29, 0.717) is 10.2 Å². The summed E-state index contributed by atoms with van der Waals surface area (Å²) in [6.45, 7) is 3.61. The Labute approximate surface area is 117 Å². The molecule has 0 unspecified atom stereocenters. The fraction of sp³-hybridized carbons (Fsp3) is 0.250. The van der Waals surface area contributed by atoms with Gasteiger partial charge in [-0.3, -0.25) is 0 Å². The third-order valence-electron chi connectivity index (χ3n) is 2.59. The summed E-state index contributed by atoms with van der Waals surface area (Å²) in [6, 6.07) is 4.37. The molecule has 1 N–H and O–H groups in total. The van der Waals surface area contributed by atoms with Crippen LogP contribution in [0.2, 0.25) is 0 Å². The number of rotatable bonds is 3. The Morgan fingerprint density at radius 1 is 1.47 bits per heavy atom. The third kappa shape index (κ3) is 2.51. The van der Waals surface area contributed by atoms with Crippen molar-refractivity contribution in [3.63, 3.8) is 0 Å². The van der Waals surface area contributed by atoms with E-state index in [1.54, 1.807) is 19.9 Å². The van der Waals surface area contributed by atoms with Crippen LogP contribution in [0.25, 0.3) is 5.69 Å². The lowest BCUT2D eigenvalue weighted by Crippen LogP contribution is -2.09. The minimum atomic E-state index is -1.18. The van der Waals surface area contributed by atoms with Crippen molar-refractivity contribution >= 4 is 21.9 Å². The SMILES string of the molecule is CC(C)c1c(C(=O)O)nnn1-c1cc(Br)ccc1F. The van der Waals surface area contributed by atoms with Crippen LogP contribution in [0, 0.1) is 5.82 Å². The number of nitrogens with zero attached hydrogens (tertiary/aromatic N) is 3. The molecule has 0 atom stereocenters. The summed E-state index contributed by atoms with van der Waals surface area (Å²) >= 11 is 3.25. The van der Waals surface area contributed by atoms with Gasteiger partial charge < -0.3 is 5.11 Å². The lowest BCUT2D eigenvalue weighted by atomic mass is 10.1. The molecule has 0 aliphatic heterocycles. The number of benzene rings is 1. The van der Waals surface area contributed by atoms with Crippen molar-refractivity contribution in [3.8, 4) is 5.69 Å². The maximum atomic E-state index is 13.9. The van der Waals surface area contributed by atoms with Gasteiger partial charge in [-0.05, 0) is 24.1 Å². The van der Waals surface area contributed by atoms with Crippen molar-refractivity contribution in [2.24, 2.45) is 0 Å². The van der Waals surface area contributed by atoms with Crippen molar-refractivity contribution < 1.29 is 14.3 Å². The number of aromatic carboxylic acids is 1. The van der Waals surface area contributed by atoms with E-state index in [1.807, 2.05) is 0 Å². The van der Waals surface area contributed by atoms with Gasteiger partial charge in [0.05, 0.1) is 5.69 Å². The van der Waals surface area contributed by atoms with Gasteiger partial charge in [-0.15, -0.1) is 5.10 Å². The molecule has 19 heavy (non-hydrogen) atoms. The fourth-order valence-corrected chi connectivity index (χ4v) is 2.13. The fourth-order valence-electron chi connectivity index (χ4n) is 1.79. The smallest absolute Gasteiger partial charge is 0.358 e. The first-order chi connectivity index (χ1) is 8.91. The molecular formula is C12H11BrFN3O2. The molecule has 0 aliphatic carbocycles. The standard InChI is InChI=1S/C12H11BrFN3O2/c1-6(2)11-10(12(18)19)15-16-17(11)9-5-7(13)3-4-8(9)14/h3-6H,1-2H3,(H,18,19). The average molecular weight is 328 g/mol. The van der Waals surface area contributed by atoms with Gasteiger partial charge in [0.2, 0.25) is 0 Å². The predicted octanol–water partition coefficient (Wildman–Crippen LogP) is 2.99. The molecule has 0 spiro atoms. The molecule has 1 aromatic heterocycles. The highest BCUT2D eigenvalue weighted by Crippen LogP contribution is 2.25. The van der Waals surface area contributed by atoms with Crippen molar-refractivity contribution in [2.75, 3.05) is 0 Å². The van der Waals surface area contributed by atoms with Crippen LogP contribution in [0.1, 0.15) is 35.9 Å². The van der Waals surface area contributed by atoms with Crippen molar-refractivity contribution in [2.45, 2.75) is 19.8 Å². The molecule has 0 radical (unpaired) electrons. The topological polar surface area (TPSA) is 68.0 Å². The lowest BCUT2D eigenvalue weighted by molar-refractivity contribution is 0.0688. The van der Waals surface area contributed by atoms with Crippen LogP contribution in [0.15, 0.2) is 22.7 Å². The summed E-state index contributed by atoms with van der Waals surface area (Å²) in [4.78, 5) is 11.1. The van der Waals surface area contributed by atoms with Gasteiger partial charge >= 0.3 is 5.97 Å². The molecule has 1 heterocycles. The van der Waals surface area contributed by atoms with E-state index in [0.717, 1.165) is 0 Å². The number of hydrogen-bond donors (Lipinski definition) is 1. The number of carboxylic acids is 1. The highest BCUT2D eigenvalue weighted by atomic mass is 79.9. The van der Waals surface area contributed by atoms with Gasteiger partial charge in [-0.2, -0.15) is 0 Å². The van der Waals surface area contributed by atoms with Gasteiger partial charge in [0.15, 0.2) is 5.69 Å². The summed E-state index contributed by atoms with van der Waals surface area (Å²) in [6.07, 6.45) is 0. The minimum Gasteiger partial charge on any atom is -0.476 e. The molecule has 5 nitrogen and oxygen atoms in total. The van der Waals surface area contributed by atoms with Crippen LogP contribution in [-0.4, -0.2) is 26.1 Å². The van der Waals surface area contributed by atoms with E-state index in [1.165, 1.54) is 16.8 Å². The lowest BCUT2D eigenvalue weighted by Gasteiger charge is -2.10. The quantitative estimate of drug-likeness (QED) is 0.940. The number of hydrogen-bond acceptors (Lipinski definition) is 3. The van der Waals surface area contributed by atoms with Gasteiger partial charge in [0.1, 0.15) is 11.5 Å². The second-order valence-corrected chi connectivity index (χ2v) is 5.21. The van der Waals surface area contributed by atoms with Crippen LogP contribution in [0.3, 0.4) is 0 Å². The Hall–Kier alpha value is -1.76. The van der Waals surface area contributed by atoms with E-state index in [2.05, 4.69) is 26.2 Å². The Kier molecular flexibility index (Phi) is 3.66. The highest BCUT2D eigenvalue weighted by Gasteiger charge is 2.23. The Bertz CT molecular complexity index is 640. The molecule has 0 bridgehead atoms. The largest absolute Gasteiger partial charge is 0.476 e. The second kappa shape index (κ2) is 5.08. The number of halogens is 2. The second-order valence-electron chi connectivity index (χ2n) is 4.29. The van der Waals surface area contributed by atoms with Crippen LogP contribution < -0.4 is 0 Å². The average Bonchev–Trinajstić information content (AvgIpc) is 2.76. The molecule has 7 heteroatoms. The number of carbonyl (C=O) groups is 1. The molecule has 2 rings (SSSR count). The molecule has 0 fully saturated rings. The molecule has 1 aromatic carbocycles. The summed E-state index contributed by atoms with van der Waals surface area (Å²) in [5, 5.41) is 16.5. The Balaban J connectivity index is 2.69. The van der Waals surface area contributed by atoms with Crippen LogP contribution in [-0.2, 0) is 0 Å². The van der Waals surface area contributed by atoms with E-state index in [9.17, 15) is 9.18 Å². The monoisotopic (exact) mass is 327 g/mol. The van der Waals surface area contributed by atoms with Gasteiger partial charge in [0, 0.05) is 4.47 Å². The first kappa shape index (κ1) is 13.7.